The molecule has 0 saturated carbocycles. The fourth-order valence-corrected chi connectivity index (χ4v) is 1.54. The van der Waals surface area contributed by atoms with Gasteiger partial charge < -0.3 is 9.40 Å². The van der Waals surface area contributed by atoms with Crippen molar-refractivity contribution in [1.29, 1.82) is 0 Å². The molecule has 3 nitrogen and oxygen atoms in total. The number of nitrogens with one attached hydrogen (secondary N) is 1. The molecule has 14 heavy (non-hydrogen) atoms. The highest BCUT2D eigenvalue weighted by Gasteiger charge is 2.01. The van der Waals surface area contributed by atoms with Crippen LogP contribution in [0.25, 0.3) is 22.2 Å². The first-order chi connectivity index (χ1) is 6.93. The fourth-order valence-electron chi connectivity index (χ4n) is 1.54. The lowest BCUT2D eigenvalue weighted by Crippen LogP contribution is -1.75. The topological polar surface area (TPSA) is 41.8 Å². The number of aromatic amines is 1. The predicted molar refractivity (Wildman–Crippen MR) is 53.8 cm³/mol. The van der Waals surface area contributed by atoms with Crippen molar-refractivity contribution in [2.45, 2.75) is 0 Å². The van der Waals surface area contributed by atoms with Crippen LogP contribution in [-0.4, -0.2) is 9.97 Å². The van der Waals surface area contributed by atoms with Crippen molar-refractivity contribution in [3.05, 3.63) is 43.1 Å². The zero-order chi connectivity index (χ0) is 9.38. The first-order valence-corrected chi connectivity index (χ1v) is 4.39. The Morgan fingerprint density at radius 2 is 2.21 bits per heavy atom. The average molecular weight is 184 g/mol. The van der Waals surface area contributed by atoms with Crippen LogP contribution in [0.2, 0.25) is 0 Å². The molecule has 3 rings (SSSR count). The van der Waals surface area contributed by atoms with Gasteiger partial charge in [0.25, 0.3) is 0 Å². The first kappa shape index (κ1) is 7.38. The van der Waals surface area contributed by atoms with Gasteiger partial charge in [-0.2, -0.15) is 0 Å². The van der Waals surface area contributed by atoms with Crippen molar-refractivity contribution in [2.24, 2.45) is 0 Å². The zero-order valence-electron chi connectivity index (χ0n) is 7.40. The smallest absolute Gasteiger partial charge is 0.134 e. The molecule has 0 saturated heterocycles. The van der Waals surface area contributed by atoms with Crippen LogP contribution >= 0.6 is 0 Å². The van der Waals surface area contributed by atoms with Gasteiger partial charge in [-0.3, -0.25) is 0 Å². The molecule has 2 heterocycles. The minimum atomic E-state index is 0.900. The maximum absolute atomic E-state index is 5.32. The monoisotopic (exact) mass is 184 g/mol. The lowest BCUT2D eigenvalue weighted by molar-refractivity contribution is 0.616. The van der Waals surface area contributed by atoms with E-state index in [1.807, 2.05) is 24.3 Å². The standard InChI is InChI=1S/C11H8N2O/c1-2-9(10-6-12-7-13-10)5-11-8(1)3-4-14-11/h1-7H,(H,12,13). The number of imidazole rings is 1. The Balaban J connectivity index is 2.23. The van der Waals surface area contributed by atoms with E-state index >= 15 is 0 Å². The molecule has 0 unspecified atom stereocenters. The van der Waals surface area contributed by atoms with Crippen LogP contribution in [0.5, 0.6) is 0 Å². The van der Waals surface area contributed by atoms with Gasteiger partial charge in [-0.15, -0.1) is 0 Å². The van der Waals surface area contributed by atoms with Crippen LogP contribution in [0.15, 0.2) is 47.5 Å². The van der Waals surface area contributed by atoms with Crippen LogP contribution in [0.3, 0.4) is 0 Å². The number of aromatic nitrogens is 2. The van der Waals surface area contributed by atoms with Crippen LogP contribution < -0.4 is 0 Å². The summed E-state index contributed by atoms with van der Waals surface area (Å²) in [6.07, 6.45) is 5.16. The molecule has 0 aliphatic carbocycles. The highest BCUT2D eigenvalue weighted by atomic mass is 16.3. The maximum atomic E-state index is 5.32. The molecule has 0 radical (unpaired) electrons. The summed E-state index contributed by atoms with van der Waals surface area (Å²) in [7, 11) is 0. The van der Waals surface area contributed by atoms with Crippen LogP contribution in [0.1, 0.15) is 0 Å². The fraction of sp³-hybridized carbons (Fsp3) is 0. The molecular weight excluding hydrogens is 176 g/mol. The molecule has 68 valence electrons. The van der Waals surface area contributed by atoms with Gasteiger partial charge >= 0.3 is 0 Å². The van der Waals surface area contributed by atoms with Gasteiger partial charge in [0.1, 0.15) is 5.58 Å². The largest absolute Gasteiger partial charge is 0.464 e. The van der Waals surface area contributed by atoms with Crippen molar-refractivity contribution in [2.75, 3.05) is 0 Å². The van der Waals surface area contributed by atoms with Gasteiger partial charge in [0.2, 0.25) is 0 Å². The van der Waals surface area contributed by atoms with Gasteiger partial charge in [0.05, 0.1) is 24.5 Å². The second kappa shape index (κ2) is 2.73. The summed E-state index contributed by atoms with van der Waals surface area (Å²) in [6, 6.07) is 8.04. The Labute approximate surface area is 80.4 Å². The van der Waals surface area contributed by atoms with Crippen LogP contribution in [-0.2, 0) is 0 Å². The molecule has 0 atom stereocenters. The van der Waals surface area contributed by atoms with E-state index in [0.29, 0.717) is 0 Å². The number of hydrogen-bond donors (Lipinski definition) is 1. The Kier molecular flexibility index (Phi) is 1.44. The van der Waals surface area contributed by atoms with Gasteiger partial charge in [-0.05, 0) is 12.1 Å². The highest BCUT2D eigenvalue weighted by molar-refractivity contribution is 5.82. The average Bonchev–Trinajstić information content (AvgIpc) is 2.88. The molecule has 3 heteroatoms. The molecule has 2 aromatic heterocycles. The van der Waals surface area contributed by atoms with E-state index in [1.165, 1.54) is 0 Å². The number of hydrogen-bond acceptors (Lipinski definition) is 2. The van der Waals surface area contributed by atoms with E-state index in [4.69, 9.17) is 4.42 Å². The Bertz CT molecular complexity index is 551. The van der Waals surface area contributed by atoms with E-state index in [2.05, 4.69) is 9.97 Å². The molecule has 0 bridgehead atoms. The third-order valence-electron chi connectivity index (χ3n) is 2.27. The molecule has 0 aliphatic heterocycles. The van der Waals surface area contributed by atoms with Gasteiger partial charge in [-0.1, -0.05) is 12.1 Å². The summed E-state index contributed by atoms with van der Waals surface area (Å²) < 4.78 is 5.32. The zero-order valence-corrected chi connectivity index (χ0v) is 7.40. The van der Waals surface area contributed by atoms with E-state index < -0.39 is 0 Å². The summed E-state index contributed by atoms with van der Waals surface area (Å²) in [4.78, 5) is 7.04. The van der Waals surface area contributed by atoms with E-state index in [0.717, 1.165) is 22.2 Å². The number of rotatable bonds is 1. The molecule has 0 spiro atoms. The number of fused-ring (bicyclic) bond motifs is 1. The summed E-state index contributed by atoms with van der Waals surface area (Å²) in [5.41, 5.74) is 2.99. The van der Waals surface area contributed by atoms with Crippen molar-refractivity contribution in [3.8, 4) is 11.3 Å². The second-order valence-corrected chi connectivity index (χ2v) is 3.14. The molecule has 1 aromatic carbocycles. The SMILES string of the molecule is c1ncc(-c2ccc3ccoc3c2)[nH]1. The molecule has 3 aromatic rings. The maximum Gasteiger partial charge on any atom is 0.134 e. The molecule has 0 aliphatic rings. The first-order valence-electron chi connectivity index (χ1n) is 4.39. The molecule has 0 fully saturated rings. The van der Waals surface area contributed by atoms with Gasteiger partial charge in [0.15, 0.2) is 0 Å². The summed E-state index contributed by atoms with van der Waals surface area (Å²) in [6.45, 7) is 0. The molecule has 1 N–H and O–H groups in total. The Morgan fingerprint density at radius 3 is 3.07 bits per heavy atom. The van der Waals surface area contributed by atoms with Crippen molar-refractivity contribution in [1.82, 2.24) is 9.97 Å². The quantitative estimate of drug-likeness (QED) is 0.631. The second-order valence-electron chi connectivity index (χ2n) is 3.14. The number of benzene rings is 1. The third-order valence-corrected chi connectivity index (χ3v) is 2.27. The van der Waals surface area contributed by atoms with E-state index in [9.17, 15) is 0 Å². The minimum Gasteiger partial charge on any atom is -0.464 e. The molecular formula is C11H8N2O. The summed E-state index contributed by atoms with van der Waals surface area (Å²) >= 11 is 0. The van der Waals surface area contributed by atoms with Gasteiger partial charge in [0, 0.05) is 10.9 Å². The summed E-state index contributed by atoms with van der Waals surface area (Å²) in [5.74, 6) is 0. The normalized spacial score (nSPS) is 10.9. The minimum absolute atomic E-state index is 0.900. The Morgan fingerprint density at radius 1 is 1.21 bits per heavy atom. The lowest BCUT2D eigenvalue weighted by atomic mass is 10.1. The number of H-pyrrole nitrogens is 1. The Hall–Kier alpha value is -2.03. The van der Waals surface area contributed by atoms with Gasteiger partial charge in [-0.25, -0.2) is 4.98 Å². The predicted octanol–water partition coefficient (Wildman–Crippen LogP) is 2.82. The highest BCUT2D eigenvalue weighted by Crippen LogP contribution is 2.22. The number of furan rings is 1. The lowest BCUT2D eigenvalue weighted by Gasteiger charge is -1.96. The van der Waals surface area contributed by atoms with E-state index in [1.54, 1.807) is 18.8 Å². The van der Waals surface area contributed by atoms with Crippen molar-refractivity contribution in [3.63, 3.8) is 0 Å². The summed E-state index contributed by atoms with van der Waals surface area (Å²) in [5, 5.41) is 1.12. The molecule has 0 amide bonds. The van der Waals surface area contributed by atoms with E-state index in [-0.39, 0.29) is 0 Å². The van der Waals surface area contributed by atoms with Crippen molar-refractivity contribution >= 4 is 11.0 Å². The number of nitrogens with zero attached hydrogens (tertiary/aromatic N) is 1. The van der Waals surface area contributed by atoms with Crippen LogP contribution in [0.4, 0.5) is 0 Å². The van der Waals surface area contributed by atoms with Crippen LogP contribution in [0, 0.1) is 0 Å². The third kappa shape index (κ3) is 1.03. The van der Waals surface area contributed by atoms with Crippen molar-refractivity contribution < 1.29 is 4.42 Å².